The molecule has 2 amide bonds. The van der Waals surface area contributed by atoms with Gasteiger partial charge in [-0.25, -0.2) is 4.79 Å². The van der Waals surface area contributed by atoms with Gasteiger partial charge in [-0.05, 0) is 30.7 Å². The Morgan fingerprint density at radius 2 is 1.88 bits per heavy atom. The van der Waals surface area contributed by atoms with Crippen LogP contribution in [0.5, 0.6) is 0 Å². The number of nitrogens with one attached hydrogen (secondary N) is 2. The van der Waals surface area contributed by atoms with Gasteiger partial charge in [0.05, 0.1) is 23.9 Å². The minimum absolute atomic E-state index is 0.0520. The quantitative estimate of drug-likeness (QED) is 0.341. The molecule has 0 atom stereocenters. The van der Waals surface area contributed by atoms with E-state index in [1.54, 1.807) is 29.7 Å². The monoisotopic (exact) mass is 493 g/mol. The third-order valence-electron chi connectivity index (χ3n) is 4.17. The SMILES string of the molecule is CCOC(=O)CNC(=O)NCc1nnc(SCc2ccccc2)n1-c1cc(Cl)ccc1Cl. The summed E-state index contributed by atoms with van der Waals surface area (Å²) in [5.41, 5.74) is 1.73. The van der Waals surface area contributed by atoms with Crippen molar-refractivity contribution in [3.8, 4) is 5.69 Å². The molecule has 0 saturated carbocycles. The van der Waals surface area contributed by atoms with Crippen LogP contribution in [-0.2, 0) is 21.8 Å². The molecule has 1 heterocycles. The van der Waals surface area contributed by atoms with Crippen LogP contribution in [0.3, 0.4) is 0 Å². The Morgan fingerprint density at radius 1 is 1.09 bits per heavy atom. The first kappa shape index (κ1) is 23.9. The van der Waals surface area contributed by atoms with Crippen molar-refractivity contribution in [3.05, 3.63) is 70.0 Å². The zero-order valence-corrected chi connectivity index (χ0v) is 19.5. The minimum Gasteiger partial charge on any atom is -0.465 e. The zero-order chi connectivity index (χ0) is 22.9. The lowest BCUT2D eigenvalue weighted by Crippen LogP contribution is -2.39. The molecule has 0 unspecified atom stereocenters. The summed E-state index contributed by atoms with van der Waals surface area (Å²) in [7, 11) is 0. The molecule has 0 radical (unpaired) electrons. The fourth-order valence-electron chi connectivity index (χ4n) is 2.72. The van der Waals surface area contributed by atoms with Crippen LogP contribution in [0.15, 0.2) is 53.7 Å². The van der Waals surface area contributed by atoms with Crippen LogP contribution in [0.25, 0.3) is 5.69 Å². The van der Waals surface area contributed by atoms with Crippen LogP contribution in [-0.4, -0.2) is 39.9 Å². The van der Waals surface area contributed by atoms with Crippen molar-refractivity contribution >= 4 is 47.0 Å². The van der Waals surface area contributed by atoms with Gasteiger partial charge in [0, 0.05) is 10.8 Å². The first-order chi connectivity index (χ1) is 15.5. The van der Waals surface area contributed by atoms with Gasteiger partial charge in [-0.1, -0.05) is 65.3 Å². The number of urea groups is 1. The van der Waals surface area contributed by atoms with Crippen molar-refractivity contribution in [3.63, 3.8) is 0 Å². The summed E-state index contributed by atoms with van der Waals surface area (Å²) in [6, 6.07) is 14.5. The van der Waals surface area contributed by atoms with E-state index in [1.165, 1.54) is 11.8 Å². The van der Waals surface area contributed by atoms with Crippen LogP contribution >= 0.6 is 35.0 Å². The number of benzene rings is 2. The predicted molar refractivity (Wildman–Crippen MR) is 124 cm³/mol. The molecular formula is C21H21Cl2N5O3S. The molecule has 3 aromatic rings. The number of hydrogen-bond acceptors (Lipinski definition) is 6. The van der Waals surface area contributed by atoms with Crippen LogP contribution < -0.4 is 10.6 Å². The van der Waals surface area contributed by atoms with E-state index in [0.717, 1.165) is 5.56 Å². The van der Waals surface area contributed by atoms with Gasteiger partial charge in [-0.15, -0.1) is 10.2 Å². The summed E-state index contributed by atoms with van der Waals surface area (Å²) >= 11 is 14.1. The largest absolute Gasteiger partial charge is 0.465 e. The Kier molecular flexibility index (Phi) is 8.78. The number of rotatable bonds is 9. The third kappa shape index (κ3) is 6.62. The fraction of sp³-hybridized carbons (Fsp3) is 0.238. The molecule has 1 aromatic heterocycles. The van der Waals surface area contributed by atoms with Gasteiger partial charge in [0.2, 0.25) is 0 Å². The highest BCUT2D eigenvalue weighted by atomic mass is 35.5. The first-order valence-electron chi connectivity index (χ1n) is 9.71. The molecule has 32 heavy (non-hydrogen) atoms. The number of carbonyl (C=O) groups excluding carboxylic acids is 2. The van der Waals surface area contributed by atoms with E-state index < -0.39 is 12.0 Å². The lowest BCUT2D eigenvalue weighted by molar-refractivity contribution is -0.141. The number of carbonyl (C=O) groups is 2. The molecule has 0 aliphatic carbocycles. The number of amides is 2. The van der Waals surface area contributed by atoms with Crippen LogP contribution in [0.1, 0.15) is 18.3 Å². The topological polar surface area (TPSA) is 98.1 Å². The first-order valence-corrected chi connectivity index (χ1v) is 11.5. The third-order valence-corrected chi connectivity index (χ3v) is 5.72. The molecule has 0 spiro atoms. The average molecular weight is 494 g/mol. The van der Waals surface area contributed by atoms with Crippen LogP contribution in [0.4, 0.5) is 4.79 Å². The van der Waals surface area contributed by atoms with E-state index in [2.05, 4.69) is 20.8 Å². The Hall–Kier alpha value is -2.75. The number of nitrogens with zero attached hydrogens (tertiary/aromatic N) is 3. The van der Waals surface area contributed by atoms with Crippen molar-refractivity contribution in [1.82, 2.24) is 25.4 Å². The maximum absolute atomic E-state index is 12.1. The summed E-state index contributed by atoms with van der Waals surface area (Å²) in [4.78, 5) is 23.5. The number of halogens is 2. The lowest BCUT2D eigenvalue weighted by Gasteiger charge is -2.13. The van der Waals surface area contributed by atoms with Gasteiger partial charge in [0.25, 0.3) is 0 Å². The molecule has 0 fully saturated rings. The van der Waals surface area contributed by atoms with E-state index in [9.17, 15) is 9.59 Å². The number of esters is 1. The standard InChI is InChI=1S/C21H21Cl2N5O3S/c1-2-31-19(29)12-25-20(30)24-11-18-26-27-21(32-13-14-6-4-3-5-7-14)28(18)17-10-15(22)8-9-16(17)23/h3-10H,2,11-13H2,1H3,(H2,24,25,30). The van der Waals surface area contributed by atoms with E-state index in [1.807, 2.05) is 30.3 Å². The smallest absolute Gasteiger partial charge is 0.325 e. The fourth-order valence-corrected chi connectivity index (χ4v) is 4.00. The number of aromatic nitrogens is 3. The highest BCUT2D eigenvalue weighted by molar-refractivity contribution is 7.98. The maximum Gasteiger partial charge on any atom is 0.325 e. The highest BCUT2D eigenvalue weighted by Gasteiger charge is 2.18. The van der Waals surface area contributed by atoms with Crippen molar-refractivity contribution < 1.29 is 14.3 Å². The van der Waals surface area contributed by atoms with Gasteiger partial charge in [-0.3, -0.25) is 9.36 Å². The number of ether oxygens (including phenoxy) is 1. The second-order valence-corrected chi connectivity index (χ2v) is 8.23. The molecule has 2 aromatic carbocycles. The maximum atomic E-state index is 12.1. The van der Waals surface area contributed by atoms with E-state index in [-0.39, 0.29) is 19.7 Å². The van der Waals surface area contributed by atoms with Gasteiger partial charge >= 0.3 is 12.0 Å². The Balaban J connectivity index is 1.78. The Labute approximate surface area is 199 Å². The summed E-state index contributed by atoms with van der Waals surface area (Å²) in [5.74, 6) is 0.608. The van der Waals surface area contributed by atoms with Crippen molar-refractivity contribution in [2.45, 2.75) is 24.4 Å². The highest BCUT2D eigenvalue weighted by Crippen LogP contribution is 2.30. The molecular weight excluding hydrogens is 473 g/mol. The van der Waals surface area contributed by atoms with Crippen molar-refractivity contribution in [2.75, 3.05) is 13.2 Å². The summed E-state index contributed by atoms with van der Waals surface area (Å²) < 4.78 is 6.54. The zero-order valence-electron chi connectivity index (χ0n) is 17.2. The van der Waals surface area contributed by atoms with E-state index in [0.29, 0.717) is 32.5 Å². The average Bonchev–Trinajstić information content (AvgIpc) is 3.20. The number of thioether (sulfide) groups is 1. The predicted octanol–water partition coefficient (Wildman–Crippen LogP) is 4.23. The summed E-state index contributed by atoms with van der Waals surface area (Å²) in [6.45, 7) is 1.76. The molecule has 0 bridgehead atoms. The Bertz CT molecular complexity index is 1080. The molecule has 8 nitrogen and oxygen atoms in total. The summed E-state index contributed by atoms with van der Waals surface area (Å²) in [6.07, 6.45) is 0. The second-order valence-electron chi connectivity index (χ2n) is 6.45. The van der Waals surface area contributed by atoms with Crippen molar-refractivity contribution in [1.29, 1.82) is 0 Å². The molecule has 3 rings (SSSR count). The molecule has 0 aliphatic rings. The summed E-state index contributed by atoms with van der Waals surface area (Å²) in [5, 5.41) is 15.2. The minimum atomic E-state index is -0.539. The van der Waals surface area contributed by atoms with Crippen molar-refractivity contribution in [2.24, 2.45) is 0 Å². The normalized spacial score (nSPS) is 10.6. The van der Waals surface area contributed by atoms with Gasteiger partial charge in [-0.2, -0.15) is 0 Å². The molecule has 2 N–H and O–H groups in total. The van der Waals surface area contributed by atoms with Crippen LogP contribution in [0.2, 0.25) is 10.0 Å². The number of hydrogen-bond donors (Lipinski definition) is 2. The molecule has 11 heteroatoms. The molecule has 0 saturated heterocycles. The van der Waals surface area contributed by atoms with E-state index >= 15 is 0 Å². The van der Waals surface area contributed by atoms with Crippen LogP contribution in [0, 0.1) is 0 Å². The second kappa shape index (κ2) is 11.8. The Morgan fingerprint density at radius 3 is 2.62 bits per heavy atom. The van der Waals surface area contributed by atoms with E-state index in [4.69, 9.17) is 27.9 Å². The lowest BCUT2D eigenvalue weighted by atomic mass is 10.2. The van der Waals surface area contributed by atoms with Gasteiger partial charge in [0.15, 0.2) is 11.0 Å². The van der Waals surface area contributed by atoms with Gasteiger partial charge < -0.3 is 15.4 Å². The molecule has 0 aliphatic heterocycles. The van der Waals surface area contributed by atoms with Gasteiger partial charge in [0.1, 0.15) is 6.54 Å². The molecule has 168 valence electrons.